The lowest BCUT2D eigenvalue weighted by molar-refractivity contribution is 0.271. The van der Waals surface area contributed by atoms with Crippen LogP contribution in [0.2, 0.25) is 0 Å². The summed E-state index contributed by atoms with van der Waals surface area (Å²) < 4.78 is 5.69. The molecule has 0 saturated carbocycles. The first-order chi connectivity index (χ1) is 9.02. The van der Waals surface area contributed by atoms with Crippen molar-refractivity contribution in [2.45, 2.75) is 46.2 Å². The van der Waals surface area contributed by atoms with Crippen molar-refractivity contribution in [3.63, 3.8) is 0 Å². The molecule has 0 aliphatic heterocycles. The Morgan fingerprint density at radius 3 is 2.32 bits per heavy atom. The van der Waals surface area contributed by atoms with Gasteiger partial charge in [0.2, 0.25) is 0 Å². The molecule has 2 atom stereocenters. The second-order valence-corrected chi connectivity index (χ2v) is 5.59. The quantitative estimate of drug-likeness (QED) is 0.703. The van der Waals surface area contributed by atoms with Gasteiger partial charge in [-0.05, 0) is 43.9 Å². The summed E-state index contributed by atoms with van der Waals surface area (Å²) in [5, 5.41) is 3.55. The maximum Gasteiger partial charge on any atom is 0.119 e. The van der Waals surface area contributed by atoms with Crippen molar-refractivity contribution in [3.8, 4) is 5.75 Å². The van der Waals surface area contributed by atoms with Crippen molar-refractivity contribution < 1.29 is 4.74 Å². The molecule has 1 aromatic carbocycles. The zero-order valence-corrected chi connectivity index (χ0v) is 12.6. The van der Waals surface area contributed by atoms with E-state index in [1.165, 1.54) is 5.56 Å². The van der Waals surface area contributed by atoms with Crippen LogP contribution in [-0.2, 0) is 0 Å². The summed E-state index contributed by atoms with van der Waals surface area (Å²) >= 11 is 0. The average molecular weight is 261 g/mol. The lowest BCUT2D eigenvalue weighted by Crippen LogP contribution is -2.28. The Hall–Kier alpha value is -1.28. The molecule has 1 N–H and O–H groups in total. The molecule has 0 saturated heterocycles. The SMILES string of the molecule is C=CCC(C)NC(C)c1ccc(OCC(C)C)cc1. The van der Waals surface area contributed by atoms with E-state index in [2.05, 4.69) is 51.7 Å². The minimum atomic E-state index is 0.342. The van der Waals surface area contributed by atoms with Gasteiger partial charge in [0, 0.05) is 12.1 Å². The van der Waals surface area contributed by atoms with E-state index in [0.29, 0.717) is 18.0 Å². The van der Waals surface area contributed by atoms with Crippen LogP contribution in [0.25, 0.3) is 0 Å². The molecule has 0 aliphatic carbocycles. The Labute approximate surface area is 117 Å². The van der Waals surface area contributed by atoms with Gasteiger partial charge in [0.05, 0.1) is 6.61 Å². The van der Waals surface area contributed by atoms with E-state index < -0.39 is 0 Å². The molecule has 0 bridgehead atoms. The summed E-state index contributed by atoms with van der Waals surface area (Å²) in [5.74, 6) is 1.50. The van der Waals surface area contributed by atoms with Gasteiger partial charge >= 0.3 is 0 Å². The largest absolute Gasteiger partial charge is 0.493 e. The third-order valence-corrected chi connectivity index (χ3v) is 3.02. The molecule has 2 nitrogen and oxygen atoms in total. The molecule has 0 aromatic heterocycles. The summed E-state index contributed by atoms with van der Waals surface area (Å²) in [5.41, 5.74) is 1.29. The van der Waals surface area contributed by atoms with Crippen LogP contribution in [0.5, 0.6) is 5.75 Å². The van der Waals surface area contributed by atoms with Gasteiger partial charge < -0.3 is 10.1 Å². The van der Waals surface area contributed by atoms with Crippen molar-refractivity contribution in [3.05, 3.63) is 42.5 Å². The Morgan fingerprint density at radius 2 is 1.79 bits per heavy atom. The van der Waals surface area contributed by atoms with Crippen molar-refractivity contribution in [1.29, 1.82) is 0 Å². The summed E-state index contributed by atoms with van der Waals surface area (Å²) in [4.78, 5) is 0. The number of hydrogen-bond donors (Lipinski definition) is 1. The predicted octanol–water partition coefficient (Wildman–Crippen LogP) is 4.34. The van der Waals surface area contributed by atoms with Crippen LogP contribution in [0.4, 0.5) is 0 Å². The van der Waals surface area contributed by atoms with Crippen LogP contribution < -0.4 is 10.1 Å². The molecular weight excluding hydrogens is 234 g/mol. The summed E-state index contributed by atoms with van der Waals surface area (Å²) in [7, 11) is 0. The molecular formula is C17H27NO. The molecule has 2 unspecified atom stereocenters. The van der Waals surface area contributed by atoms with E-state index in [1.54, 1.807) is 0 Å². The highest BCUT2D eigenvalue weighted by Gasteiger charge is 2.08. The maximum absolute atomic E-state index is 5.69. The Kier molecular flexibility index (Phi) is 6.65. The topological polar surface area (TPSA) is 21.3 Å². The van der Waals surface area contributed by atoms with E-state index in [-0.39, 0.29) is 0 Å². The van der Waals surface area contributed by atoms with E-state index in [9.17, 15) is 0 Å². The Bertz CT molecular complexity index is 369. The maximum atomic E-state index is 5.69. The van der Waals surface area contributed by atoms with Gasteiger partial charge in [0.15, 0.2) is 0 Å². The van der Waals surface area contributed by atoms with Crippen LogP contribution in [-0.4, -0.2) is 12.6 Å². The van der Waals surface area contributed by atoms with Gasteiger partial charge in [-0.3, -0.25) is 0 Å². The lowest BCUT2D eigenvalue weighted by atomic mass is 10.1. The normalized spacial score (nSPS) is 14.2. The molecule has 0 heterocycles. The number of nitrogens with one attached hydrogen (secondary N) is 1. The van der Waals surface area contributed by atoms with Crippen molar-refractivity contribution in [1.82, 2.24) is 5.32 Å². The molecule has 1 aromatic rings. The Morgan fingerprint density at radius 1 is 1.16 bits per heavy atom. The van der Waals surface area contributed by atoms with Crippen LogP contribution in [0.1, 0.15) is 45.7 Å². The highest BCUT2D eigenvalue weighted by Crippen LogP contribution is 2.18. The van der Waals surface area contributed by atoms with Crippen molar-refractivity contribution in [2.24, 2.45) is 5.92 Å². The smallest absolute Gasteiger partial charge is 0.119 e. The van der Waals surface area contributed by atoms with E-state index in [0.717, 1.165) is 18.8 Å². The van der Waals surface area contributed by atoms with Crippen LogP contribution >= 0.6 is 0 Å². The van der Waals surface area contributed by atoms with Crippen molar-refractivity contribution >= 4 is 0 Å². The minimum absolute atomic E-state index is 0.342. The zero-order chi connectivity index (χ0) is 14.3. The summed E-state index contributed by atoms with van der Waals surface area (Å²) in [6.45, 7) is 13.2. The van der Waals surface area contributed by atoms with Gasteiger partial charge in [0.25, 0.3) is 0 Å². The highest BCUT2D eigenvalue weighted by atomic mass is 16.5. The third kappa shape index (κ3) is 5.93. The van der Waals surface area contributed by atoms with E-state index in [4.69, 9.17) is 4.74 Å². The second-order valence-electron chi connectivity index (χ2n) is 5.59. The summed E-state index contributed by atoms with van der Waals surface area (Å²) in [6, 6.07) is 9.16. The Balaban J connectivity index is 2.52. The fourth-order valence-corrected chi connectivity index (χ4v) is 1.96. The zero-order valence-electron chi connectivity index (χ0n) is 12.6. The molecule has 19 heavy (non-hydrogen) atoms. The number of benzene rings is 1. The third-order valence-electron chi connectivity index (χ3n) is 3.02. The first-order valence-corrected chi connectivity index (χ1v) is 7.12. The van der Waals surface area contributed by atoms with Crippen molar-refractivity contribution in [2.75, 3.05) is 6.61 Å². The van der Waals surface area contributed by atoms with Gasteiger partial charge in [-0.2, -0.15) is 0 Å². The van der Waals surface area contributed by atoms with Crippen LogP contribution in [0.3, 0.4) is 0 Å². The summed E-state index contributed by atoms with van der Waals surface area (Å²) in [6.07, 6.45) is 2.94. The fraction of sp³-hybridized carbons (Fsp3) is 0.529. The monoisotopic (exact) mass is 261 g/mol. The first kappa shape index (κ1) is 15.8. The number of rotatable bonds is 8. The van der Waals surface area contributed by atoms with Gasteiger partial charge in [-0.15, -0.1) is 6.58 Å². The fourth-order valence-electron chi connectivity index (χ4n) is 1.96. The number of ether oxygens (including phenoxy) is 1. The molecule has 0 fully saturated rings. The number of hydrogen-bond acceptors (Lipinski definition) is 2. The first-order valence-electron chi connectivity index (χ1n) is 7.12. The lowest BCUT2D eigenvalue weighted by Gasteiger charge is -2.19. The van der Waals surface area contributed by atoms with E-state index >= 15 is 0 Å². The molecule has 0 amide bonds. The molecule has 1 rings (SSSR count). The average Bonchev–Trinajstić information content (AvgIpc) is 2.37. The van der Waals surface area contributed by atoms with Crippen LogP contribution in [0, 0.1) is 5.92 Å². The van der Waals surface area contributed by atoms with Gasteiger partial charge in [-0.25, -0.2) is 0 Å². The van der Waals surface area contributed by atoms with E-state index in [1.807, 2.05) is 18.2 Å². The molecule has 2 heteroatoms. The van der Waals surface area contributed by atoms with Gasteiger partial charge in [0.1, 0.15) is 5.75 Å². The standard InChI is InChI=1S/C17H27NO/c1-6-7-14(4)18-15(5)16-8-10-17(11-9-16)19-12-13(2)3/h6,8-11,13-15,18H,1,7,12H2,2-5H3. The molecule has 0 aliphatic rings. The highest BCUT2D eigenvalue weighted by molar-refractivity contribution is 5.29. The minimum Gasteiger partial charge on any atom is -0.493 e. The predicted molar refractivity (Wildman–Crippen MR) is 82.6 cm³/mol. The molecule has 106 valence electrons. The second kappa shape index (κ2) is 8.00. The molecule has 0 spiro atoms. The molecule has 0 radical (unpaired) electrons. The van der Waals surface area contributed by atoms with Gasteiger partial charge in [-0.1, -0.05) is 32.1 Å². The van der Waals surface area contributed by atoms with Crippen LogP contribution in [0.15, 0.2) is 36.9 Å².